The minimum atomic E-state index is -4.80. The van der Waals surface area contributed by atoms with Crippen LogP contribution in [0.1, 0.15) is 55.0 Å². The van der Waals surface area contributed by atoms with Crippen molar-refractivity contribution in [3.8, 4) is 17.4 Å². The molecule has 38 heavy (non-hydrogen) atoms. The summed E-state index contributed by atoms with van der Waals surface area (Å²) in [5, 5.41) is 6.97. The lowest BCUT2D eigenvalue weighted by Gasteiger charge is -2.23. The number of nitrogens with zero attached hydrogens (tertiary/aromatic N) is 4. The van der Waals surface area contributed by atoms with Gasteiger partial charge in [-0.05, 0) is 39.8 Å². The molecule has 10 nitrogen and oxygen atoms in total. The Bertz CT molecular complexity index is 1430. The maximum Gasteiger partial charge on any atom is 0.423 e. The number of carbonyl (C=O) groups excluding carboxylic acids is 1. The van der Waals surface area contributed by atoms with Crippen LogP contribution in [0.15, 0.2) is 35.6 Å². The molecule has 0 saturated heterocycles. The molecule has 0 atom stereocenters. The van der Waals surface area contributed by atoms with Gasteiger partial charge in [0.15, 0.2) is 27.0 Å². The van der Waals surface area contributed by atoms with Gasteiger partial charge in [-0.2, -0.15) is 18.3 Å². The number of methoxy groups -OCH3 is 1. The first-order chi connectivity index (χ1) is 17.6. The molecule has 0 aliphatic rings. The highest BCUT2D eigenvalue weighted by molar-refractivity contribution is 7.91. The molecule has 1 N–H and O–H groups in total. The summed E-state index contributed by atoms with van der Waals surface area (Å²) in [6.07, 6.45) is -1.74. The Morgan fingerprint density at radius 2 is 1.76 bits per heavy atom. The van der Waals surface area contributed by atoms with Crippen LogP contribution in [0.3, 0.4) is 0 Å². The van der Waals surface area contributed by atoms with E-state index < -0.39 is 44.5 Å². The smallest absolute Gasteiger partial charge is 0.423 e. The number of halogens is 3. The van der Waals surface area contributed by atoms with E-state index in [2.05, 4.69) is 20.4 Å². The first kappa shape index (κ1) is 28.9. The van der Waals surface area contributed by atoms with Crippen molar-refractivity contribution in [3.63, 3.8) is 0 Å². The van der Waals surface area contributed by atoms with E-state index in [9.17, 15) is 26.4 Å². The highest BCUT2D eigenvalue weighted by Crippen LogP contribution is 2.44. The zero-order valence-corrected chi connectivity index (χ0v) is 22.5. The van der Waals surface area contributed by atoms with Crippen LogP contribution in [-0.2, 0) is 28.1 Å². The van der Waals surface area contributed by atoms with E-state index in [1.165, 1.54) is 36.9 Å². The van der Waals surface area contributed by atoms with E-state index >= 15 is 0 Å². The lowest BCUT2D eigenvalue weighted by molar-refractivity contribution is -0.139. The summed E-state index contributed by atoms with van der Waals surface area (Å²) < 4.78 is 77.2. The number of alkyl halides is 3. The number of hydrogen-bond acceptors (Lipinski definition) is 8. The zero-order chi connectivity index (χ0) is 28.5. The summed E-state index contributed by atoms with van der Waals surface area (Å²) in [4.78, 5) is 20.9. The molecular weight excluding hydrogens is 527 g/mol. The van der Waals surface area contributed by atoms with Crippen LogP contribution >= 0.6 is 0 Å². The van der Waals surface area contributed by atoms with Crippen LogP contribution < -0.4 is 14.8 Å². The summed E-state index contributed by atoms with van der Waals surface area (Å²) in [5.41, 5.74) is -1.39. The van der Waals surface area contributed by atoms with Gasteiger partial charge in [-0.25, -0.2) is 13.1 Å². The largest absolute Gasteiger partial charge is 0.494 e. The number of pyridine rings is 2. The Morgan fingerprint density at radius 3 is 2.29 bits per heavy atom. The number of amides is 1. The molecule has 0 fully saturated rings. The van der Waals surface area contributed by atoms with E-state index in [0.29, 0.717) is 5.69 Å². The third-order valence-electron chi connectivity index (χ3n) is 5.47. The second-order valence-electron chi connectivity index (χ2n) is 9.25. The topological polar surface area (TPSA) is 125 Å². The molecule has 14 heteroatoms. The van der Waals surface area contributed by atoms with Crippen molar-refractivity contribution in [1.29, 1.82) is 0 Å². The number of aromatic nitrogens is 4. The summed E-state index contributed by atoms with van der Waals surface area (Å²) in [5.74, 6) is -1.89. The Hall–Kier alpha value is -3.68. The number of ether oxygens (including phenoxy) is 2. The molecule has 0 radical (unpaired) electrons. The maximum absolute atomic E-state index is 13.8. The van der Waals surface area contributed by atoms with E-state index in [0.717, 1.165) is 19.5 Å². The SMILES string of the molecule is CCS(=O)(=O)c1ccc(CNC(=O)c2nn(C(C)(C)C)c(Oc3cncc(OC)c3C(F)(F)F)c2C)nc1. The fourth-order valence-electron chi connectivity index (χ4n) is 3.43. The molecule has 206 valence electrons. The van der Waals surface area contributed by atoms with Crippen molar-refractivity contribution in [2.45, 2.75) is 57.8 Å². The molecule has 0 bridgehead atoms. The predicted molar refractivity (Wildman–Crippen MR) is 131 cm³/mol. The average molecular weight is 556 g/mol. The highest BCUT2D eigenvalue weighted by Gasteiger charge is 2.40. The summed E-state index contributed by atoms with van der Waals surface area (Å²) in [7, 11) is -2.32. The minimum absolute atomic E-state index is 0.0404. The molecule has 0 aliphatic heterocycles. The van der Waals surface area contributed by atoms with Crippen LogP contribution in [-0.4, -0.2) is 46.9 Å². The van der Waals surface area contributed by atoms with Gasteiger partial charge < -0.3 is 14.8 Å². The number of rotatable bonds is 8. The first-order valence-corrected chi connectivity index (χ1v) is 13.1. The van der Waals surface area contributed by atoms with Gasteiger partial charge in [0.1, 0.15) is 5.56 Å². The Morgan fingerprint density at radius 1 is 1.11 bits per heavy atom. The second-order valence-corrected chi connectivity index (χ2v) is 11.5. The van der Waals surface area contributed by atoms with Crippen LogP contribution in [0.2, 0.25) is 0 Å². The Kier molecular flexibility index (Phi) is 8.05. The number of sulfone groups is 1. The van der Waals surface area contributed by atoms with Gasteiger partial charge in [-0.3, -0.25) is 14.8 Å². The van der Waals surface area contributed by atoms with E-state index in [-0.39, 0.29) is 34.3 Å². The fourth-order valence-corrected chi connectivity index (χ4v) is 4.25. The van der Waals surface area contributed by atoms with Crippen LogP contribution in [0.4, 0.5) is 13.2 Å². The molecule has 0 spiro atoms. The highest BCUT2D eigenvalue weighted by atomic mass is 32.2. The van der Waals surface area contributed by atoms with Gasteiger partial charge in [0.25, 0.3) is 5.91 Å². The lowest BCUT2D eigenvalue weighted by Crippen LogP contribution is -2.27. The molecule has 0 aliphatic carbocycles. The summed E-state index contributed by atoms with van der Waals surface area (Å²) in [6.45, 7) is 8.23. The fraction of sp³-hybridized carbons (Fsp3) is 0.417. The predicted octanol–water partition coefficient (Wildman–Crippen LogP) is 4.28. The normalized spacial score (nSPS) is 12.3. The van der Waals surface area contributed by atoms with E-state index in [1.54, 1.807) is 20.8 Å². The molecule has 0 aromatic carbocycles. The first-order valence-electron chi connectivity index (χ1n) is 11.4. The van der Waals surface area contributed by atoms with Gasteiger partial charge in [0, 0.05) is 11.8 Å². The van der Waals surface area contributed by atoms with Gasteiger partial charge >= 0.3 is 6.18 Å². The van der Waals surface area contributed by atoms with Crippen molar-refractivity contribution in [2.75, 3.05) is 12.9 Å². The van der Waals surface area contributed by atoms with Crippen molar-refractivity contribution in [1.82, 2.24) is 25.1 Å². The molecule has 0 saturated carbocycles. The van der Waals surface area contributed by atoms with E-state index in [1.807, 2.05) is 0 Å². The van der Waals surface area contributed by atoms with Crippen LogP contribution in [0.5, 0.6) is 17.4 Å². The summed E-state index contributed by atoms with van der Waals surface area (Å²) >= 11 is 0. The van der Waals surface area contributed by atoms with E-state index in [4.69, 9.17) is 9.47 Å². The molecular formula is C24H28F3N5O5S. The van der Waals surface area contributed by atoms with Crippen molar-refractivity contribution in [2.24, 2.45) is 0 Å². The van der Waals surface area contributed by atoms with Gasteiger partial charge in [-0.1, -0.05) is 6.92 Å². The number of carbonyl (C=O) groups is 1. The zero-order valence-electron chi connectivity index (χ0n) is 21.7. The van der Waals surface area contributed by atoms with Crippen molar-refractivity contribution in [3.05, 3.63) is 53.2 Å². The summed E-state index contributed by atoms with van der Waals surface area (Å²) in [6, 6.07) is 2.88. The maximum atomic E-state index is 13.8. The molecule has 1 amide bonds. The van der Waals surface area contributed by atoms with Gasteiger partial charge in [0.05, 0.1) is 47.9 Å². The molecule has 3 aromatic heterocycles. The van der Waals surface area contributed by atoms with Crippen LogP contribution in [0, 0.1) is 6.92 Å². The van der Waals surface area contributed by atoms with Crippen LogP contribution in [0.25, 0.3) is 0 Å². The third kappa shape index (κ3) is 6.06. The number of hydrogen-bond donors (Lipinski definition) is 1. The van der Waals surface area contributed by atoms with Crippen molar-refractivity contribution < 1.29 is 35.9 Å². The van der Waals surface area contributed by atoms with Crippen molar-refractivity contribution >= 4 is 15.7 Å². The quantitative estimate of drug-likeness (QED) is 0.437. The Balaban J connectivity index is 1.93. The Labute approximate surface area is 218 Å². The molecule has 0 unspecified atom stereocenters. The number of nitrogens with one attached hydrogen (secondary N) is 1. The van der Waals surface area contributed by atoms with Gasteiger partial charge in [-0.15, -0.1) is 0 Å². The molecule has 3 rings (SSSR count). The lowest BCUT2D eigenvalue weighted by atomic mass is 10.1. The molecule has 3 aromatic rings. The third-order valence-corrected chi connectivity index (χ3v) is 7.19. The second kappa shape index (κ2) is 10.6. The monoisotopic (exact) mass is 555 g/mol. The minimum Gasteiger partial charge on any atom is -0.494 e. The average Bonchev–Trinajstić information content (AvgIpc) is 3.18. The standard InChI is InChI=1S/C24H28F3N5O5S/c1-7-38(34,35)16-9-8-15(29-11-16)10-30-21(33)20-14(2)22(32(31-20)23(3,4)5)37-18-13-28-12-17(36-6)19(18)24(25,26)27/h8-9,11-13H,7,10H2,1-6H3,(H,30,33). The molecule has 3 heterocycles. The van der Waals surface area contributed by atoms with Gasteiger partial charge in [0.2, 0.25) is 5.88 Å².